The number of unbranched alkanes of at least 4 members (excludes halogenated alkanes) is 3. The fraction of sp³-hybridized carbons (Fsp3) is 0.556. The van der Waals surface area contributed by atoms with E-state index >= 15 is 0 Å². The average Bonchev–Trinajstić information content (AvgIpc) is 2.60. The van der Waals surface area contributed by atoms with Gasteiger partial charge < -0.3 is 25.6 Å². The monoisotopic (exact) mass is 354 g/mol. The molecular formula is C18H30N2O5. The zero-order chi connectivity index (χ0) is 19.1. The molecule has 142 valence electrons. The lowest BCUT2D eigenvalue weighted by Crippen LogP contribution is -2.22. The van der Waals surface area contributed by atoms with E-state index < -0.39 is 11.9 Å². The molecule has 7 nitrogen and oxygen atoms in total. The van der Waals surface area contributed by atoms with Crippen molar-refractivity contribution in [2.24, 2.45) is 5.73 Å². The quantitative estimate of drug-likeness (QED) is 0.434. The number of nitrogens with zero attached hydrogens (tertiary/aromatic N) is 1. The number of hydrogen-bond acceptors (Lipinski definition) is 5. The predicted octanol–water partition coefficient (Wildman–Crippen LogP) is 1.84. The number of hydrogen-bond donors (Lipinski definition) is 3. The van der Waals surface area contributed by atoms with E-state index in [-0.39, 0.29) is 0 Å². The highest BCUT2D eigenvalue weighted by atomic mass is 16.5. The van der Waals surface area contributed by atoms with Gasteiger partial charge in [-0.1, -0.05) is 31.0 Å². The van der Waals surface area contributed by atoms with Crippen LogP contribution in [0.5, 0.6) is 5.75 Å². The van der Waals surface area contributed by atoms with Crippen LogP contribution in [-0.4, -0.2) is 60.8 Å². The molecule has 0 aliphatic heterocycles. The number of ether oxygens (including phenoxy) is 1. The molecule has 7 heteroatoms. The third kappa shape index (κ3) is 12.0. The molecule has 1 aromatic carbocycles. The second-order valence-electron chi connectivity index (χ2n) is 5.68. The van der Waals surface area contributed by atoms with Crippen LogP contribution in [-0.2, 0) is 16.0 Å². The van der Waals surface area contributed by atoms with Crippen molar-refractivity contribution in [1.29, 1.82) is 0 Å². The standard InChI is InChI=1S/C16H28N2O.C2H2O4/c1-18(13-8-4-3-7-12-17)14-11-15-9-5-6-10-16(15)19-2;3-1(4)2(5)6/h5-6,9-10H,3-4,7-8,11-14,17H2,1-2H3;(H,3,4)(H,5,6). The number of benzene rings is 1. The molecule has 0 fully saturated rings. The molecule has 0 saturated carbocycles. The number of aliphatic carboxylic acids is 2. The summed E-state index contributed by atoms with van der Waals surface area (Å²) < 4.78 is 5.37. The largest absolute Gasteiger partial charge is 0.496 e. The van der Waals surface area contributed by atoms with Gasteiger partial charge in [0.05, 0.1) is 7.11 Å². The van der Waals surface area contributed by atoms with E-state index in [1.165, 1.54) is 31.4 Å². The Kier molecular flexibility index (Phi) is 13.0. The van der Waals surface area contributed by atoms with Crippen LogP contribution in [0.15, 0.2) is 24.3 Å². The molecular weight excluding hydrogens is 324 g/mol. The van der Waals surface area contributed by atoms with Crippen molar-refractivity contribution in [3.8, 4) is 5.75 Å². The van der Waals surface area contributed by atoms with Gasteiger partial charge in [0, 0.05) is 6.54 Å². The summed E-state index contributed by atoms with van der Waals surface area (Å²) in [6.07, 6.45) is 6.02. The van der Waals surface area contributed by atoms with E-state index in [2.05, 4.69) is 24.1 Å². The van der Waals surface area contributed by atoms with Crippen molar-refractivity contribution in [3.05, 3.63) is 29.8 Å². The Morgan fingerprint density at radius 1 is 1.04 bits per heavy atom. The van der Waals surface area contributed by atoms with E-state index in [0.717, 1.165) is 31.7 Å². The van der Waals surface area contributed by atoms with Crippen molar-refractivity contribution in [1.82, 2.24) is 4.90 Å². The number of carboxylic acids is 2. The highest BCUT2D eigenvalue weighted by Crippen LogP contribution is 2.17. The number of likely N-dealkylation sites (N-methyl/N-ethyl adjacent to an activating group) is 1. The Morgan fingerprint density at radius 2 is 1.64 bits per heavy atom. The van der Waals surface area contributed by atoms with Gasteiger partial charge in [0.1, 0.15) is 5.75 Å². The summed E-state index contributed by atoms with van der Waals surface area (Å²) in [5.41, 5.74) is 6.78. The Bertz CT molecular complexity index is 496. The van der Waals surface area contributed by atoms with Crippen molar-refractivity contribution >= 4 is 11.9 Å². The summed E-state index contributed by atoms with van der Waals surface area (Å²) >= 11 is 0. The van der Waals surface area contributed by atoms with Crippen LogP contribution in [0.4, 0.5) is 0 Å². The van der Waals surface area contributed by atoms with E-state index in [0.29, 0.717) is 0 Å². The van der Waals surface area contributed by atoms with Crippen LogP contribution in [0.2, 0.25) is 0 Å². The molecule has 0 atom stereocenters. The van der Waals surface area contributed by atoms with Gasteiger partial charge in [-0.05, 0) is 51.0 Å². The van der Waals surface area contributed by atoms with E-state index in [9.17, 15) is 0 Å². The van der Waals surface area contributed by atoms with Gasteiger partial charge >= 0.3 is 11.9 Å². The van der Waals surface area contributed by atoms with Crippen molar-refractivity contribution in [2.75, 3.05) is 33.8 Å². The number of nitrogens with two attached hydrogens (primary N) is 1. The average molecular weight is 354 g/mol. The number of carboxylic acid groups (broad SMARTS) is 2. The molecule has 4 N–H and O–H groups in total. The van der Waals surface area contributed by atoms with E-state index in [4.69, 9.17) is 30.3 Å². The SMILES string of the molecule is COc1ccccc1CCN(C)CCCCCCN.O=C(O)C(=O)O. The smallest absolute Gasteiger partial charge is 0.414 e. The second-order valence-corrected chi connectivity index (χ2v) is 5.68. The Balaban J connectivity index is 0.000000823. The molecule has 0 aliphatic carbocycles. The molecule has 0 unspecified atom stereocenters. The van der Waals surface area contributed by atoms with Crippen LogP contribution in [0.25, 0.3) is 0 Å². The third-order valence-corrected chi connectivity index (χ3v) is 3.63. The molecule has 0 radical (unpaired) electrons. The lowest BCUT2D eigenvalue weighted by Gasteiger charge is -2.17. The second kappa shape index (κ2) is 14.2. The first-order chi connectivity index (χ1) is 11.9. The minimum atomic E-state index is -1.82. The Hall–Kier alpha value is -2.12. The van der Waals surface area contributed by atoms with Crippen molar-refractivity contribution < 1.29 is 24.5 Å². The summed E-state index contributed by atoms with van der Waals surface area (Å²) in [6.45, 7) is 3.07. The van der Waals surface area contributed by atoms with Gasteiger partial charge in [-0.25, -0.2) is 9.59 Å². The van der Waals surface area contributed by atoms with Gasteiger partial charge in [0.25, 0.3) is 0 Å². The third-order valence-electron chi connectivity index (χ3n) is 3.63. The normalized spacial score (nSPS) is 10.1. The van der Waals surface area contributed by atoms with Gasteiger partial charge in [0.15, 0.2) is 0 Å². The van der Waals surface area contributed by atoms with Crippen LogP contribution >= 0.6 is 0 Å². The number of rotatable bonds is 10. The number of carbonyl (C=O) groups is 2. The lowest BCUT2D eigenvalue weighted by atomic mass is 10.1. The van der Waals surface area contributed by atoms with Crippen LogP contribution in [0, 0.1) is 0 Å². The molecule has 25 heavy (non-hydrogen) atoms. The maximum absolute atomic E-state index is 9.10. The van der Waals surface area contributed by atoms with Gasteiger partial charge in [-0.15, -0.1) is 0 Å². The molecule has 1 aromatic rings. The summed E-state index contributed by atoms with van der Waals surface area (Å²) in [5, 5.41) is 14.8. The molecule has 1 rings (SSSR count). The zero-order valence-corrected chi connectivity index (χ0v) is 15.1. The first-order valence-corrected chi connectivity index (χ1v) is 8.39. The summed E-state index contributed by atoms with van der Waals surface area (Å²) in [6, 6.07) is 8.27. The molecule has 0 amide bonds. The molecule has 0 saturated heterocycles. The Labute approximate surface area is 149 Å². The van der Waals surface area contributed by atoms with Crippen LogP contribution in [0.1, 0.15) is 31.2 Å². The van der Waals surface area contributed by atoms with Gasteiger partial charge in [-0.2, -0.15) is 0 Å². The summed E-state index contributed by atoms with van der Waals surface area (Å²) in [5.74, 6) is -2.65. The molecule has 0 aromatic heterocycles. The maximum Gasteiger partial charge on any atom is 0.414 e. The predicted molar refractivity (Wildman–Crippen MR) is 97.0 cm³/mol. The first kappa shape index (κ1) is 22.9. The summed E-state index contributed by atoms with van der Waals surface area (Å²) in [4.78, 5) is 20.6. The minimum absolute atomic E-state index is 0.823. The highest BCUT2D eigenvalue weighted by molar-refractivity contribution is 6.27. The van der Waals surface area contributed by atoms with Crippen LogP contribution in [0.3, 0.4) is 0 Å². The molecule has 0 aliphatic rings. The molecule has 0 heterocycles. The van der Waals surface area contributed by atoms with Crippen molar-refractivity contribution in [3.63, 3.8) is 0 Å². The first-order valence-electron chi connectivity index (χ1n) is 8.39. The fourth-order valence-electron chi connectivity index (χ4n) is 2.21. The minimum Gasteiger partial charge on any atom is -0.496 e. The Morgan fingerprint density at radius 3 is 2.20 bits per heavy atom. The van der Waals surface area contributed by atoms with Gasteiger partial charge in [0.2, 0.25) is 0 Å². The maximum atomic E-state index is 9.10. The zero-order valence-electron chi connectivity index (χ0n) is 15.1. The molecule has 0 spiro atoms. The lowest BCUT2D eigenvalue weighted by molar-refractivity contribution is -0.159. The van der Waals surface area contributed by atoms with E-state index in [1.54, 1.807) is 7.11 Å². The van der Waals surface area contributed by atoms with Gasteiger partial charge in [-0.3, -0.25) is 0 Å². The van der Waals surface area contributed by atoms with Crippen molar-refractivity contribution in [2.45, 2.75) is 32.1 Å². The molecule has 0 bridgehead atoms. The van der Waals surface area contributed by atoms with Crippen LogP contribution < -0.4 is 10.5 Å². The van der Waals surface area contributed by atoms with E-state index in [1.807, 2.05) is 12.1 Å². The topological polar surface area (TPSA) is 113 Å². The highest BCUT2D eigenvalue weighted by Gasteiger charge is 2.04. The summed E-state index contributed by atoms with van der Waals surface area (Å²) in [7, 11) is 3.93. The number of methoxy groups -OCH3 is 1. The number of para-hydroxylation sites is 1. The fourth-order valence-corrected chi connectivity index (χ4v) is 2.21.